The average molecular weight is 170 g/mol. The number of rotatable bonds is 3. The van der Waals surface area contributed by atoms with Crippen molar-refractivity contribution in [3.05, 3.63) is 23.8 Å². The minimum atomic E-state index is -0.541. The van der Waals surface area contributed by atoms with Crippen molar-refractivity contribution in [1.29, 1.82) is 0 Å². The largest absolute Gasteiger partial charge is 0.497 e. The molecule has 0 aliphatic heterocycles. The highest BCUT2D eigenvalue weighted by molar-refractivity contribution is 5.39. The highest BCUT2D eigenvalue weighted by atomic mass is 19.1. The van der Waals surface area contributed by atoms with Crippen LogP contribution >= 0.6 is 0 Å². The fourth-order valence-electron chi connectivity index (χ4n) is 0.986. The lowest BCUT2D eigenvalue weighted by Crippen LogP contribution is -1.91. The van der Waals surface area contributed by atoms with Gasteiger partial charge in [-0.3, -0.25) is 0 Å². The van der Waals surface area contributed by atoms with E-state index in [1.807, 2.05) is 0 Å². The van der Waals surface area contributed by atoms with Crippen LogP contribution in [-0.4, -0.2) is 14.2 Å². The molecule has 0 radical (unpaired) electrons. The molecule has 0 aliphatic carbocycles. The standard InChI is InChI=1S/C9H11FO2/c1-11-8-3-4-9(12-2)7(5-8)6-10/h3-5H,6H2,1-2H3. The summed E-state index contributed by atoms with van der Waals surface area (Å²) in [5.74, 6) is 1.20. The van der Waals surface area contributed by atoms with E-state index in [-0.39, 0.29) is 0 Å². The summed E-state index contributed by atoms with van der Waals surface area (Å²) in [7, 11) is 3.06. The van der Waals surface area contributed by atoms with E-state index in [0.29, 0.717) is 17.1 Å². The maximum absolute atomic E-state index is 12.4. The lowest BCUT2D eigenvalue weighted by atomic mass is 10.2. The summed E-state index contributed by atoms with van der Waals surface area (Å²) < 4.78 is 22.2. The van der Waals surface area contributed by atoms with Gasteiger partial charge in [0.2, 0.25) is 0 Å². The fourth-order valence-corrected chi connectivity index (χ4v) is 0.986. The van der Waals surface area contributed by atoms with Crippen molar-refractivity contribution in [3.63, 3.8) is 0 Å². The first-order valence-electron chi connectivity index (χ1n) is 3.58. The molecule has 0 heterocycles. The van der Waals surface area contributed by atoms with Crippen LogP contribution in [0.1, 0.15) is 5.56 Å². The number of alkyl halides is 1. The van der Waals surface area contributed by atoms with Gasteiger partial charge in [-0.25, -0.2) is 4.39 Å². The summed E-state index contributed by atoms with van der Waals surface area (Å²) in [5, 5.41) is 0. The summed E-state index contributed by atoms with van der Waals surface area (Å²) >= 11 is 0. The Morgan fingerprint density at radius 2 is 2.00 bits per heavy atom. The van der Waals surface area contributed by atoms with Gasteiger partial charge in [-0.05, 0) is 18.2 Å². The van der Waals surface area contributed by atoms with Crippen LogP contribution in [0.2, 0.25) is 0 Å². The van der Waals surface area contributed by atoms with Gasteiger partial charge in [0.25, 0.3) is 0 Å². The molecule has 0 saturated carbocycles. The molecule has 1 aromatic carbocycles. The molecule has 66 valence electrons. The Balaban J connectivity index is 3.02. The first-order valence-corrected chi connectivity index (χ1v) is 3.58. The molecule has 1 aromatic rings. The highest BCUT2D eigenvalue weighted by Gasteiger charge is 2.03. The zero-order valence-corrected chi connectivity index (χ0v) is 7.13. The number of ether oxygens (including phenoxy) is 2. The van der Waals surface area contributed by atoms with Crippen LogP contribution in [0.3, 0.4) is 0 Å². The van der Waals surface area contributed by atoms with E-state index in [1.54, 1.807) is 25.3 Å². The first-order chi connectivity index (χ1) is 5.81. The van der Waals surface area contributed by atoms with E-state index in [4.69, 9.17) is 9.47 Å². The average Bonchev–Trinajstić information content (AvgIpc) is 2.16. The molecule has 0 atom stereocenters. The normalized spacial score (nSPS) is 9.58. The molecule has 0 N–H and O–H groups in total. The lowest BCUT2D eigenvalue weighted by Gasteiger charge is -2.06. The molecule has 0 amide bonds. The minimum absolute atomic E-state index is 0.511. The SMILES string of the molecule is COc1ccc(OC)c(CF)c1. The Bertz CT molecular complexity index is 261. The van der Waals surface area contributed by atoms with Crippen molar-refractivity contribution in [2.45, 2.75) is 6.67 Å². The van der Waals surface area contributed by atoms with Crippen LogP contribution in [0, 0.1) is 0 Å². The third kappa shape index (κ3) is 1.67. The van der Waals surface area contributed by atoms with Crippen molar-refractivity contribution in [2.24, 2.45) is 0 Å². The first kappa shape index (κ1) is 8.84. The van der Waals surface area contributed by atoms with Gasteiger partial charge in [0.05, 0.1) is 14.2 Å². The van der Waals surface area contributed by atoms with E-state index >= 15 is 0 Å². The molecule has 3 heteroatoms. The number of benzene rings is 1. The number of hydrogen-bond donors (Lipinski definition) is 0. The smallest absolute Gasteiger partial charge is 0.124 e. The van der Waals surface area contributed by atoms with Crippen LogP contribution in [0.25, 0.3) is 0 Å². The van der Waals surface area contributed by atoms with Crippen molar-refractivity contribution < 1.29 is 13.9 Å². The van der Waals surface area contributed by atoms with Crippen LogP contribution < -0.4 is 9.47 Å². The molecule has 0 saturated heterocycles. The molecule has 0 spiro atoms. The van der Waals surface area contributed by atoms with Crippen LogP contribution in [0.15, 0.2) is 18.2 Å². The van der Waals surface area contributed by atoms with Crippen LogP contribution in [0.4, 0.5) is 4.39 Å². The van der Waals surface area contributed by atoms with E-state index in [0.717, 1.165) is 0 Å². The minimum Gasteiger partial charge on any atom is -0.497 e. The summed E-state index contributed by atoms with van der Waals surface area (Å²) in [6.45, 7) is -0.541. The molecule has 0 bridgehead atoms. The Hall–Kier alpha value is -1.25. The predicted octanol–water partition coefficient (Wildman–Crippen LogP) is 2.17. The maximum atomic E-state index is 12.4. The molecule has 2 nitrogen and oxygen atoms in total. The van der Waals surface area contributed by atoms with Crippen molar-refractivity contribution in [3.8, 4) is 11.5 Å². The van der Waals surface area contributed by atoms with Crippen molar-refractivity contribution in [1.82, 2.24) is 0 Å². The molecule has 0 aromatic heterocycles. The van der Waals surface area contributed by atoms with E-state index in [1.165, 1.54) is 7.11 Å². The van der Waals surface area contributed by atoms with Gasteiger partial charge in [-0.15, -0.1) is 0 Å². The molecule has 0 fully saturated rings. The molecule has 12 heavy (non-hydrogen) atoms. The van der Waals surface area contributed by atoms with Gasteiger partial charge in [-0.1, -0.05) is 0 Å². The van der Waals surface area contributed by atoms with Gasteiger partial charge in [0.1, 0.15) is 18.2 Å². The summed E-state index contributed by atoms with van der Waals surface area (Å²) in [4.78, 5) is 0. The second-order valence-corrected chi connectivity index (χ2v) is 2.31. The summed E-state index contributed by atoms with van der Waals surface area (Å²) in [5.41, 5.74) is 0.511. The Morgan fingerprint density at radius 1 is 1.25 bits per heavy atom. The quantitative estimate of drug-likeness (QED) is 0.692. The summed E-state index contributed by atoms with van der Waals surface area (Å²) in [6.07, 6.45) is 0. The monoisotopic (exact) mass is 170 g/mol. The number of methoxy groups -OCH3 is 2. The molecule has 1 rings (SSSR count). The molecular weight excluding hydrogens is 159 g/mol. The van der Waals surface area contributed by atoms with Gasteiger partial charge >= 0.3 is 0 Å². The third-order valence-corrected chi connectivity index (χ3v) is 1.63. The second kappa shape index (κ2) is 3.95. The van der Waals surface area contributed by atoms with Crippen LogP contribution in [0.5, 0.6) is 11.5 Å². The zero-order chi connectivity index (χ0) is 8.97. The number of halogens is 1. The Morgan fingerprint density at radius 3 is 2.50 bits per heavy atom. The molecular formula is C9H11FO2. The zero-order valence-electron chi connectivity index (χ0n) is 7.13. The van der Waals surface area contributed by atoms with Crippen molar-refractivity contribution in [2.75, 3.05) is 14.2 Å². The van der Waals surface area contributed by atoms with Gasteiger partial charge in [0.15, 0.2) is 0 Å². The van der Waals surface area contributed by atoms with Crippen LogP contribution in [-0.2, 0) is 6.67 Å². The highest BCUT2D eigenvalue weighted by Crippen LogP contribution is 2.24. The second-order valence-electron chi connectivity index (χ2n) is 2.31. The van der Waals surface area contributed by atoms with E-state index < -0.39 is 6.67 Å². The number of hydrogen-bond acceptors (Lipinski definition) is 2. The van der Waals surface area contributed by atoms with Gasteiger partial charge < -0.3 is 9.47 Å². The van der Waals surface area contributed by atoms with E-state index in [2.05, 4.69) is 0 Å². The topological polar surface area (TPSA) is 18.5 Å². The van der Waals surface area contributed by atoms with Crippen molar-refractivity contribution >= 4 is 0 Å². The maximum Gasteiger partial charge on any atom is 0.124 e. The molecule has 0 unspecified atom stereocenters. The molecule has 0 aliphatic rings. The third-order valence-electron chi connectivity index (χ3n) is 1.63. The van der Waals surface area contributed by atoms with Gasteiger partial charge in [-0.2, -0.15) is 0 Å². The van der Waals surface area contributed by atoms with Gasteiger partial charge in [0, 0.05) is 5.56 Å². The fraction of sp³-hybridized carbons (Fsp3) is 0.333. The Labute approximate surface area is 70.9 Å². The Kier molecular flexibility index (Phi) is 2.91. The summed E-state index contributed by atoms with van der Waals surface area (Å²) in [6, 6.07) is 5.05. The lowest BCUT2D eigenvalue weighted by molar-refractivity contribution is 0.385. The van der Waals surface area contributed by atoms with E-state index in [9.17, 15) is 4.39 Å². The predicted molar refractivity (Wildman–Crippen MR) is 44.4 cm³/mol.